The number of nitrogens with one attached hydrogen (secondary N) is 1. The first kappa shape index (κ1) is 19.8. The van der Waals surface area contributed by atoms with Gasteiger partial charge >= 0.3 is 0 Å². The monoisotopic (exact) mass is 399 g/mol. The molecule has 0 unspecified atom stereocenters. The topological polar surface area (TPSA) is 86.5 Å². The zero-order valence-electron chi connectivity index (χ0n) is 15.8. The number of carbonyl (C=O) groups is 1. The number of methoxy groups -OCH3 is 2. The molecule has 3 aromatic rings. The molecule has 0 fully saturated rings. The number of amides is 1. The minimum Gasteiger partial charge on any atom is -0.497 e. The van der Waals surface area contributed by atoms with Crippen molar-refractivity contribution in [1.29, 1.82) is 0 Å². The highest BCUT2D eigenvalue weighted by molar-refractivity contribution is 7.99. The Hall–Kier alpha value is -3.00. The molecule has 1 amide bonds. The van der Waals surface area contributed by atoms with Crippen LogP contribution in [0, 0.1) is 0 Å². The molecule has 1 aromatic heterocycles. The van der Waals surface area contributed by atoms with Crippen LogP contribution in [-0.4, -0.2) is 36.1 Å². The molecule has 3 rings (SSSR count). The normalized spacial score (nSPS) is 11.7. The van der Waals surface area contributed by atoms with Crippen molar-refractivity contribution in [2.75, 3.05) is 20.0 Å². The highest BCUT2D eigenvalue weighted by Crippen LogP contribution is 2.33. The maximum absolute atomic E-state index is 12.2. The molecule has 1 heterocycles. The van der Waals surface area contributed by atoms with Gasteiger partial charge in [0.15, 0.2) is 0 Å². The smallest absolute Gasteiger partial charge is 0.277 e. The molecule has 0 saturated carbocycles. The second kappa shape index (κ2) is 9.27. The number of hydrogen-bond acceptors (Lipinski definition) is 7. The number of benzene rings is 2. The van der Waals surface area contributed by atoms with Gasteiger partial charge in [0.25, 0.3) is 11.1 Å². The second-order valence-corrected chi connectivity index (χ2v) is 6.85. The molecule has 0 bridgehead atoms. The number of hydrogen-bond donors (Lipinski definition) is 1. The van der Waals surface area contributed by atoms with Gasteiger partial charge in [-0.1, -0.05) is 42.1 Å². The Kier molecular flexibility index (Phi) is 6.54. The van der Waals surface area contributed by atoms with E-state index in [9.17, 15) is 4.79 Å². The van der Waals surface area contributed by atoms with Gasteiger partial charge < -0.3 is 19.2 Å². The molecule has 0 aliphatic carbocycles. The van der Waals surface area contributed by atoms with Crippen molar-refractivity contribution in [3.05, 3.63) is 54.1 Å². The molecule has 0 aliphatic rings. The summed E-state index contributed by atoms with van der Waals surface area (Å²) in [6.07, 6.45) is 0. The molecular formula is C20H21N3O4S. The van der Waals surface area contributed by atoms with Crippen LogP contribution in [0.3, 0.4) is 0 Å². The Balaban J connectivity index is 1.60. The third-order valence-corrected chi connectivity index (χ3v) is 4.87. The number of carbonyl (C=O) groups excluding carboxylic acids is 1. The van der Waals surface area contributed by atoms with Crippen molar-refractivity contribution >= 4 is 17.7 Å². The van der Waals surface area contributed by atoms with E-state index in [1.807, 2.05) is 37.3 Å². The van der Waals surface area contributed by atoms with Crippen LogP contribution in [0.5, 0.6) is 11.5 Å². The summed E-state index contributed by atoms with van der Waals surface area (Å²) in [5.41, 5.74) is 1.71. The summed E-state index contributed by atoms with van der Waals surface area (Å²) in [5, 5.41) is 11.3. The third kappa shape index (κ3) is 4.83. The summed E-state index contributed by atoms with van der Waals surface area (Å²) >= 11 is 1.18. The first-order valence-electron chi connectivity index (χ1n) is 8.63. The quantitative estimate of drug-likeness (QED) is 0.578. The summed E-state index contributed by atoms with van der Waals surface area (Å²) in [6.45, 7) is 1.94. The van der Waals surface area contributed by atoms with Gasteiger partial charge in [-0.3, -0.25) is 4.79 Å². The fourth-order valence-electron chi connectivity index (χ4n) is 2.59. The maximum Gasteiger partial charge on any atom is 0.277 e. The fraction of sp³-hybridized carbons (Fsp3) is 0.250. The van der Waals surface area contributed by atoms with Gasteiger partial charge in [-0.25, -0.2) is 0 Å². The summed E-state index contributed by atoms with van der Waals surface area (Å²) in [7, 11) is 3.14. The van der Waals surface area contributed by atoms with E-state index in [0.717, 1.165) is 5.56 Å². The van der Waals surface area contributed by atoms with Crippen LogP contribution < -0.4 is 14.8 Å². The molecule has 0 spiro atoms. The van der Waals surface area contributed by atoms with Crippen molar-refractivity contribution in [3.8, 4) is 23.0 Å². The van der Waals surface area contributed by atoms with E-state index in [0.29, 0.717) is 28.2 Å². The Morgan fingerprint density at radius 1 is 1.14 bits per heavy atom. The van der Waals surface area contributed by atoms with E-state index in [4.69, 9.17) is 13.9 Å². The Bertz CT molecular complexity index is 930. The van der Waals surface area contributed by atoms with Crippen molar-refractivity contribution in [2.45, 2.75) is 18.2 Å². The van der Waals surface area contributed by atoms with Gasteiger partial charge in [0.2, 0.25) is 5.91 Å². The summed E-state index contributed by atoms with van der Waals surface area (Å²) in [5.74, 6) is 1.62. The maximum atomic E-state index is 12.2. The van der Waals surface area contributed by atoms with E-state index in [-0.39, 0.29) is 17.7 Å². The molecular weight excluding hydrogens is 378 g/mol. The van der Waals surface area contributed by atoms with Crippen molar-refractivity contribution < 1.29 is 18.7 Å². The Labute approximate surface area is 167 Å². The lowest BCUT2D eigenvalue weighted by molar-refractivity contribution is -0.119. The SMILES string of the molecule is COc1ccc(-c2nnc(SCC(=O)N[C@H](C)c3ccccc3)o2)c(OC)c1. The van der Waals surface area contributed by atoms with Crippen molar-refractivity contribution in [3.63, 3.8) is 0 Å². The predicted octanol–water partition coefficient (Wildman–Crippen LogP) is 3.72. The van der Waals surface area contributed by atoms with Crippen LogP contribution in [0.15, 0.2) is 58.2 Å². The van der Waals surface area contributed by atoms with Crippen LogP contribution in [0.2, 0.25) is 0 Å². The third-order valence-electron chi connectivity index (χ3n) is 4.05. The molecule has 8 heteroatoms. The number of ether oxygens (including phenoxy) is 2. The van der Waals surface area contributed by atoms with E-state index in [2.05, 4.69) is 15.5 Å². The van der Waals surface area contributed by atoms with Crippen LogP contribution in [-0.2, 0) is 4.79 Å². The first-order valence-corrected chi connectivity index (χ1v) is 9.62. The molecule has 1 N–H and O–H groups in total. The van der Waals surface area contributed by atoms with Gasteiger partial charge in [0.05, 0.1) is 31.6 Å². The lowest BCUT2D eigenvalue weighted by Crippen LogP contribution is -2.28. The molecule has 2 aromatic carbocycles. The molecule has 7 nitrogen and oxygen atoms in total. The Morgan fingerprint density at radius 3 is 2.64 bits per heavy atom. The van der Waals surface area contributed by atoms with Gasteiger partial charge in [0.1, 0.15) is 11.5 Å². The number of nitrogens with zero attached hydrogens (tertiary/aromatic N) is 2. The van der Waals surface area contributed by atoms with E-state index < -0.39 is 0 Å². The van der Waals surface area contributed by atoms with Crippen molar-refractivity contribution in [1.82, 2.24) is 15.5 Å². The molecule has 146 valence electrons. The first-order chi connectivity index (χ1) is 13.6. The highest BCUT2D eigenvalue weighted by atomic mass is 32.2. The summed E-state index contributed by atoms with van der Waals surface area (Å²) in [4.78, 5) is 12.2. The van der Waals surface area contributed by atoms with Crippen LogP contribution in [0.4, 0.5) is 0 Å². The van der Waals surface area contributed by atoms with E-state index in [1.165, 1.54) is 11.8 Å². The van der Waals surface area contributed by atoms with Crippen molar-refractivity contribution in [2.24, 2.45) is 0 Å². The van der Waals surface area contributed by atoms with Gasteiger partial charge in [0, 0.05) is 6.07 Å². The number of aromatic nitrogens is 2. The van der Waals surface area contributed by atoms with E-state index >= 15 is 0 Å². The lowest BCUT2D eigenvalue weighted by atomic mass is 10.1. The fourth-order valence-corrected chi connectivity index (χ4v) is 3.16. The average Bonchev–Trinajstić information content (AvgIpc) is 3.21. The molecule has 0 radical (unpaired) electrons. The van der Waals surface area contributed by atoms with E-state index in [1.54, 1.807) is 32.4 Å². The second-order valence-electron chi connectivity index (χ2n) is 5.93. The lowest BCUT2D eigenvalue weighted by Gasteiger charge is -2.13. The largest absolute Gasteiger partial charge is 0.497 e. The molecule has 0 saturated heterocycles. The minimum atomic E-state index is -0.108. The average molecular weight is 399 g/mol. The van der Waals surface area contributed by atoms with Crippen LogP contribution >= 0.6 is 11.8 Å². The van der Waals surface area contributed by atoms with Gasteiger partial charge in [-0.05, 0) is 24.6 Å². The van der Waals surface area contributed by atoms with Gasteiger partial charge in [-0.2, -0.15) is 0 Å². The standard InChI is InChI=1S/C20H21N3O4S/c1-13(14-7-5-4-6-8-14)21-18(24)12-28-20-23-22-19(27-20)16-10-9-15(25-2)11-17(16)26-3/h4-11,13H,12H2,1-3H3,(H,21,24)/t13-/m1/s1. The van der Waals surface area contributed by atoms with Gasteiger partial charge in [-0.15, -0.1) is 10.2 Å². The zero-order valence-corrected chi connectivity index (χ0v) is 16.7. The Morgan fingerprint density at radius 2 is 1.93 bits per heavy atom. The highest BCUT2D eigenvalue weighted by Gasteiger charge is 2.16. The summed E-state index contributed by atoms with van der Waals surface area (Å²) in [6, 6.07) is 15.0. The molecule has 1 atom stereocenters. The molecule has 0 aliphatic heterocycles. The minimum absolute atomic E-state index is 0.0730. The predicted molar refractivity (Wildman–Crippen MR) is 107 cm³/mol. The zero-order chi connectivity index (χ0) is 19.9. The van der Waals surface area contributed by atoms with Crippen LogP contribution in [0.25, 0.3) is 11.5 Å². The van der Waals surface area contributed by atoms with Crippen LogP contribution in [0.1, 0.15) is 18.5 Å². The molecule has 28 heavy (non-hydrogen) atoms. The number of thioether (sulfide) groups is 1. The summed E-state index contributed by atoms with van der Waals surface area (Å²) < 4.78 is 16.2. The number of rotatable bonds is 8.